The quantitative estimate of drug-likeness (QED) is 0.824. The molecule has 0 aliphatic carbocycles. The number of nitrogens with two attached hydrogens (primary N) is 1. The number of nitrogens with one attached hydrogen (secondary N) is 1. The van der Waals surface area contributed by atoms with Crippen LogP contribution in [-0.2, 0) is 9.84 Å². The summed E-state index contributed by atoms with van der Waals surface area (Å²) in [5.74, 6) is 0.914. The summed E-state index contributed by atoms with van der Waals surface area (Å²) in [6.07, 6.45) is 3.19. The Morgan fingerprint density at radius 2 is 2.21 bits per heavy atom. The highest BCUT2D eigenvalue weighted by Gasteiger charge is 2.29. The lowest BCUT2D eigenvalue weighted by Crippen LogP contribution is -2.51. The average molecular weight is 287 g/mol. The van der Waals surface area contributed by atoms with E-state index in [0.717, 1.165) is 19.4 Å². The largest absolute Gasteiger partial charge is 0.335 e. The van der Waals surface area contributed by atoms with Gasteiger partial charge in [-0.15, -0.1) is 5.10 Å². The van der Waals surface area contributed by atoms with E-state index in [4.69, 9.17) is 5.73 Å². The summed E-state index contributed by atoms with van der Waals surface area (Å²) in [5, 5.41) is 6.17. The molecular weight excluding hydrogens is 266 g/mol. The molecule has 0 spiro atoms. The van der Waals surface area contributed by atoms with Gasteiger partial charge in [-0.2, -0.15) is 4.98 Å². The van der Waals surface area contributed by atoms with Crippen molar-refractivity contribution < 1.29 is 8.42 Å². The average Bonchev–Trinajstić information content (AvgIpc) is 2.79. The number of anilines is 1. The zero-order valence-corrected chi connectivity index (χ0v) is 12.3. The van der Waals surface area contributed by atoms with Gasteiger partial charge < -0.3 is 10.6 Å². The molecule has 2 heterocycles. The van der Waals surface area contributed by atoms with Crippen LogP contribution in [0.4, 0.5) is 5.95 Å². The van der Waals surface area contributed by atoms with Gasteiger partial charge in [0, 0.05) is 24.9 Å². The molecular formula is C11H21N5O2S. The summed E-state index contributed by atoms with van der Waals surface area (Å²) in [5.41, 5.74) is 6.04. The summed E-state index contributed by atoms with van der Waals surface area (Å²) in [6, 6.07) is 0.258. The van der Waals surface area contributed by atoms with Gasteiger partial charge in [0.05, 0.1) is 0 Å². The van der Waals surface area contributed by atoms with Crippen molar-refractivity contribution in [1.82, 2.24) is 15.2 Å². The van der Waals surface area contributed by atoms with Crippen LogP contribution in [0.15, 0.2) is 0 Å². The SMILES string of the molecule is CC1C(N)CCCN1c1n[nH]c(C(C)S(C)(=O)=O)n1. The monoisotopic (exact) mass is 287 g/mol. The minimum Gasteiger partial charge on any atom is -0.335 e. The Morgan fingerprint density at radius 1 is 1.53 bits per heavy atom. The van der Waals surface area contributed by atoms with Gasteiger partial charge in [-0.3, -0.25) is 5.10 Å². The fourth-order valence-corrected chi connectivity index (χ4v) is 2.74. The number of aromatic amines is 1. The second kappa shape index (κ2) is 5.09. The van der Waals surface area contributed by atoms with Crippen molar-refractivity contribution >= 4 is 15.8 Å². The number of hydrogen-bond acceptors (Lipinski definition) is 6. The third-order valence-electron chi connectivity index (χ3n) is 3.82. The molecule has 1 aromatic heterocycles. The second-order valence-corrected chi connectivity index (χ2v) is 7.60. The van der Waals surface area contributed by atoms with Gasteiger partial charge in [0.15, 0.2) is 9.84 Å². The Kier molecular flexibility index (Phi) is 3.82. The summed E-state index contributed by atoms with van der Waals surface area (Å²) in [4.78, 5) is 6.34. The molecule has 1 aromatic rings. The van der Waals surface area contributed by atoms with E-state index in [1.807, 2.05) is 11.8 Å². The van der Waals surface area contributed by atoms with Crippen LogP contribution in [0.25, 0.3) is 0 Å². The third-order valence-corrected chi connectivity index (χ3v) is 5.33. The van der Waals surface area contributed by atoms with Gasteiger partial charge >= 0.3 is 0 Å². The molecule has 3 atom stereocenters. The lowest BCUT2D eigenvalue weighted by molar-refractivity contribution is 0.416. The Hall–Kier alpha value is -1.15. The number of rotatable bonds is 3. The second-order valence-electron chi connectivity index (χ2n) is 5.23. The van der Waals surface area contributed by atoms with Crippen LogP contribution in [0.3, 0.4) is 0 Å². The van der Waals surface area contributed by atoms with Crippen LogP contribution in [0.1, 0.15) is 37.8 Å². The number of hydrogen-bond donors (Lipinski definition) is 2. The summed E-state index contributed by atoms with van der Waals surface area (Å²) >= 11 is 0. The summed E-state index contributed by atoms with van der Waals surface area (Å²) in [7, 11) is -3.17. The Morgan fingerprint density at radius 3 is 2.84 bits per heavy atom. The minimum atomic E-state index is -3.17. The summed E-state index contributed by atoms with van der Waals surface area (Å²) < 4.78 is 23.0. The van der Waals surface area contributed by atoms with Gasteiger partial charge in [0.1, 0.15) is 11.1 Å². The summed E-state index contributed by atoms with van der Waals surface area (Å²) in [6.45, 7) is 4.49. The van der Waals surface area contributed by atoms with Crippen LogP contribution in [0.5, 0.6) is 0 Å². The molecule has 0 amide bonds. The van der Waals surface area contributed by atoms with Crippen molar-refractivity contribution in [2.45, 2.75) is 44.0 Å². The first-order chi connectivity index (χ1) is 8.80. The zero-order chi connectivity index (χ0) is 14.2. The molecule has 8 heteroatoms. The number of sulfone groups is 1. The van der Waals surface area contributed by atoms with Crippen molar-refractivity contribution in [2.24, 2.45) is 5.73 Å². The van der Waals surface area contributed by atoms with E-state index in [1.54, 1.807) is 6.92 Å². The first kappa shape index (κ1) is 14.3. The van der Waals surface area contributed by atoms with E-state index >= 15 is 0 Å². The highest BCUT2D eigenvalue weighted by Crippen LogP contribution is 2.23. The van der Waals surface area contributed by atoms with Crippen molar-refractivity contribution in [3.63, 3.8) is 0 Å². The van der Waals surface area contributed by atoms with Crippen molar-refractivity contribution in [3.05, 3.63) is 5.82 Å². The van der Waals surface area contributed by atoms with Gasteiger partial charge in [-0.25, -0.2) is 8.42 Å². The van der Waals surface area contributed by atoms with Gasteiger partial charge in [0.2, 0.25) is 5.95 Å². The molecule has 0 bridgehead atoms. The maximum Gasteiger partial charge on any atom is 0.245 e. The van der Waals surface area contributed by atoms with Crippen molar-refractivity contribution in [1.29, 1.82) is 0 Å². The van der Waals surface area contributed by atoms with Crippen LogP contribution in [-0.4, -0.2) is 48.5 Å². The molecule has 3 unspecified atom stereocenters. The third kappa shape index (κ3) is 2.89. The van der Waals surface area contributed by atoms with E-state index in [2.05, 4.69) is 15.2 Å². The molecule has 3 N–H and O–H groups in total. The first-order valence-electron chi connectivity index (χ1n) is 6.44. The van der Waals surface area contributed by atoms with E-state index < -0.39 is 15.1 Å². The lowest BCUT2D eigenvalue weighted by atomic mass is 9.99. The highest BCUT2D eigenvalue weighted by atomic mass is 32.2. The lowest BCUT2D eigenvalue weighted by Gasteiger charge is -2.36. The van der Waals surface area contributed by atoms with E-state index in [1.165, 1.54) is 6.26 Å². The maximum absolute atomic E-state index is 11.5. The number of piperidine rings is 1. The Bertz CT molecular complexity index is 541. The Balaban J connectivity index is 2.21. The molecule has 1 aliphatic heterocycles. The number of H-pyrrole nitrogens is 1. The Labute approximate surface area is 113 Å². The maximum atomic E-state index is 11.5. The zero-order valence-electron chi connectivity index (χ0n) is 11.5. The normalized spacial score (nSPS) is 26.4. The molecule has 108 valence electrons. The molecule has 7 nitrogen and oxygen atoms in total. The van der Waals surface area contributed by atoms with Gasteiger partial charge in [0.25, 0.3) is 0 Å². The smallest absolute Gasteiger partial charge is 0.245 e. The molecule has 2 rings (SSSR count). The molecule has 1 saturated heterocycles. The van der Waals surface area contributed by atoms with Crippen molar-refractivity contribution in [3.8, 4) is 0 Å². The van der Waals surface area contributed by atoms with Crippen LogP contribution in [0, 0.1) is 0 Å². The van der Waals surface area contributed by atoms with Gasteiger partial charge in [-0.05, 0) is 26.7 Å². The van der Waals surface area contributed by atoms with E-state index in [0.29, 0.717) is 11.8 Å². The molecule has 0 radical (unpaired) electrons. The molecule has 1 aliphatic rings. The van der Waals surface area contributed by atoms with Crippen LogP contribution < -0.4 is 10.6 Å². The molecule has 19 heavy (non-hydrogen) atoms. The number of nitrogens with zero attached hydrogens (tertiary/aromatic N) is 3. The van der Waals surface area contributed by atoms with Crippen LogP contribution >= 0.6 is 0 Å². The fourth-order valence-electron chi connectivity index (χ4n) is 2.23. The molecule has 0 saturated carbocycles. The van der Waals surface area contributed by atoms with E-state index in [-0.39, 0.29) is 12.1 Å². The van der Waals surface area contributed by atoms with Gasteiger partial charge in [-0.1, -0.05) is 0 Å². The number of aromatic nitrogens is 3. The standard InChI is InChI=1S/C11H21N5O2S/c1-7-9(12)5-4-6-16(7)11-13-10(14-15-11)8(2)19(3,17)18/h7-9H,4-6,12H2,1-3H3,(H,13,14,15). The van der Waals surface area contributed by atoms with Crippen molar-refractivity contribution in [2.75, 3.05) is 17.7 Å². The topological polar surface area (TPSA) is 105 Å². The predicted octanol–water partition coefficient (Wildman–Crippen LogP) is 0.226. The molecule has 0 aromatic carbocycles. The highest BCUT2D eigenvalue weighted by molar-refractivity contribution is 7.90. The fraction of sp³-hybridized carbons (Fsp3) is 0.818. The van der Waals surface area contributed by atoms with Crippen LogP contribution in [0.2, 0.25) is 0 Å². The minimum absolute atomic E-state index is 0.100. The van der Waals surface area contributed by atoms with E-state index in [9.17, 15) is 8.42 Å². The predicted molar refractivity (Wildman–Crippen MR) is 73.7 cm³/mol. The first-order valence-corrected chi connectivity index (χ1v) is 8.39. The molecule has 1 fully saturated rings.